The first-order chi connectivity index (χ1) is 8.94. The summed E-state index contributed by atoms with van der Waals surface area (Å²) in [5.74, 6) is -0.342. The molecule has 1 aromatic carbocycles. The van der Waals surface area contributed by atoms with E-state index in [4.69, 9.17) is 0 Å². The number of benzene rings is 1. The number of amides is 1. The summed E-state index contributed by atoms with van der Waals surface area (Å²) < 4.78 is 12.4. The third kappa shape index (κ3) is 2.97. The van der Waals surface area contributed by atoms with E-state index in [1.165, 1.54) is 23.9 Å². The summed E-state index contributed by atoms with van der Waals surface area (Å²) in [6.07, 6.45) is 0.746. The number of carbonyl (C=O) groups is 1. The highest BCUT2D eigenvalue weighted by Gasteiger charge is 2.39. The summed E-state index contributed by atoms with van der Waals surface area (Å²) in [7, 11) is 0. The highest BCUT2D eigenvalue weighted by molar-refractivity contribution is 8.16. The lowest BCUT2D eigenvalue weighted by Crippen LogP contribution is -2.27. The van der Waals surface area contributed by atoms with Crippen molar-refractivity contribution in [2.45, 2.75) is 38.0 Å². The summed E-state index contributed by atoms with van der Waals surface area (Å²) in [6.45, 7) is 5.84. The summed E-state index contributed by atoms with van der Waals surface area (Å²) in [6, 6.07) is 6.30. The molecule has 1 amide bonds. The number of thioether (sulfide) groups is 1. The molecule has 0 bridgehead atoms. The molecule has 0 spiro atoms. The number of hydrogen-bond donors (Lipinski definition) is 1. The molecule has 0 saturated heterocycles. The van der Waals surface area contributed by atoms with Gasteiger partial charge in [0, 0.05) is 0 Å². The smallest absolute Gasteiger partial charge is 0.264 e. The van der Waals surface area contributed by atoms with Crippen molar-refractivity contribution in [3.8, 4) is 0 Å². The first-order valence-electron chi connectivity index (χ1n) is 6.29. The van der Waals surface area contributed by atoms with Crippen molar-refractivity contribution in [3.05, 3.63) is 35.6 Å². The van der Waals surface area contributed by atoms with Crippen molar-refractivity contribution in [2.75, 3.05) is 0 Å². The fourth-order valence-electron chi connectivity index (χ4n) is 1.80. The first kappa shape index (κ1) is 14.1. The maximum atomic E-state index is 12.9. The normalized spacial score (nSPS) is 24.2. The molecule has 3 nitrogen and oxygen atoms in total. The van der Waals surface area contributed by atoms with Gasteiger partial charge in [0.15, 0.2) is 5.17 Å². The lowest BCUT2D eigenvalue weighted by Gasteiger charge is -2.19. The summed E-state index contributed by atoms with van der Waals surface area (Å²) >= 11 is 1.46. The number of nitrogens with zero attached hydrogens (tertiary/aromatic N) is 1. The molecule has 2 rings (SSSR count). The Kier molecular flexibility index (Phi) is 3.94. The molecular formula is C14H17FN2OS. The minimum Gasteiger partial charge on any atom is -0.358 e. The van der Waals surface area contributed by atoms with E-state index in [9.17, 15) is 9.18 Å². The van der Waals surface area contributed by atoms with Gasteiger partial charge in [-0.15, -0.1) is 0 Å². The number of amidine groups is 1. The van der Waals surface area contributed by atoms with Gasteiger partial charge in [-0.05, 0) is 38.0 Å². The molecule has 1 aliphatic heterocycles. The third-order valence-corrected chi connectivity index (χ3v) is 4.68. The average molecular weight is 280 g/mol. The maximum Gasteiger partial charge on any atom is 0.264 e. The molecular weight excluding hydrogens is 263 g/mol. The lowest BCUT2D eigenvalue weighted by atomic mass is 10.1. The van der Waals surface area contributed by atoms with Crippen molar-refractivity contribution < 1.29 is 9.18 Å². The lowest BCUT2D eigenvalue weighted by molar-refractivity contribution is -0.119. The largest absolute Gasteiger partial charge is 0.358 e. The van der Waals surface area contributed by atoms with Gasteiger partial charge in [0.2, 0.25) is 0 Å². The van der Waals surface area contributed by atoms with Gasteiger partial charge in [0.25, 0.3) is 5.91 Å². The number of hydrogen-bond acceptors (Lipinski definition) is 3. The monoisotopic (exact) mass is 280 g/mol. The molecule has 1 heterocycles. The van der Waals surface area contributed by atoms with Gasteiger partial charge >= 0.3 is 0 Å². The van der Waals surface area contributed by atoms with E-state index in [0.29, 0.717) is 5.17 Å². The Bertz CT molecular complexity index is 515. The van der Waals surface area contributed by atoms with Gasteiger partial charge in [0.05, 0.1) is 6.04 Å². The Labute approximate surface area is 116 Å². The van der Waals surface area contributed by atoms with Crippen LogP contribution in [-0.2, 0) is 4.79 Å². The topological polar surface area (TPSA) is 41.5 Å². The molecule has 19 heavy (non-hydrogen) atoms. The zero-order chi connectivity index (χ0) is 14.0. The standard InChI is InChI=1S/C14H17FN2OS/c1-4-14(3)12(18)17-13(19-14)16-9(2)10-5-7-11(15)8-6-10/h5-9H,4H2,1-3H3,(H,16,17,18)/t9-,14-/m0/s1. The molecule has 0 saturated carbocycles. The summed E-state index contributed by atoms with van der Waals surface area (Å²) in [4.78, 5) is 15.9. The maximum absolute atomic E-state index is 12.9. The van der Waals surface area contributed by atoms with Crippen LogP contribution in [0.1, 0.15) is 38.8 Å². The molecule has 0 unspecified atom stereocenters. The predicted molar refractivity (Wildman–Crippen MR) is 76.7 cm³/mol. The molecule has 1 N–H and O–H groups in total. The molecule has 5 heteroatoms. The fraction of sp³-hybridized carbons (Fsp3) is 0.429. The Hall–Kier alpha value is -1.36. The SMILES string of the molecule is CC[C@]1(C)SC(N[C@@H](C)c2ccc(F)cc2)=NC1=O. The molecule has 0 aromatic heterocycles. The number of nitrogens with one attached hydrogen (secondary N) is 1. The second-order valence-electron chi connectivity index (χ2n) is 4.83. The predicted octanol–water partition coefficient (Wildman–Crippen LogP) is 3.27. The number of rotatable bonds is 3. The van der Waals surface area contributed by atoms with Crippen LogP contribution in [0.25, 0.3) is 0 Å². The van der Waals surface area contributed by atoms with Gasteiger partial charge in [-0.1, -0.05) is 30.8 Å². The van der Waals surface area contributed by atoms with Crippen LogP contribution in [-0.4, -0.2) is 15.8 Å². The zero-order valence-electron chi connectivity index (χ0n) is 11.2. The van der Waals surface area contributed by atoms with Crippen LogP contribution >= 0.6 is 11.8 Å². The molecule has 1 aromatic rings. The van der Waals surface area contributed by atoms with Crippen LogP contribution < -0.4 is 5.32 Å². The van der Waals surface area contributed by atoms with Gasteiger partial charge < -0.3 is 5.32 Å². The third-order valence-electron chi connectivity index (χ3n) is 3.36. The van der Waals surface area contributed by atoms with E-state index < -0.39 is 4.75 Å². The quantitative estimate of drug-likeness (QED) is 0.924. The van der Waals surface area contributed by atoms with Gasteiger partial charge in [-0.3, -0.25) is 4.79 Å². The zero-order valence-corrected chi connectivity index (χ0v) is 12.1. The van der Waals surface area contributed by atoms with Crippen molar-refractivity contribution in [1.82, 2.24) is 5.32 Å². The Morgan fingerprint density at radius 3 is 2.58 bits per heavy atom. The van der Waals surface area contributed by atoms with Crippen LogP contribution in [0.3, 0.4) is 0 Å². The molecule has 0 fully saturated rings. The van der Waals surface area contributed by atoms with Crippen LogP contribution in [0.2, 0.25) is 0 Å². The van der Waals surface area contributed by atoms with E-state index in [1.54, 1.807) is 12.1 Å². The van der Waals surface area contributed by atoms with Crippen LogP contribution in [0.4, 0.5) is 4.39 Å². The van der Waals surface area contributed by atoms with E-state index >= 15 is 0 Å². The molecule has 0 radical (unpaired) electrons. The first-order valence-corrected chi connectivity index (χ1v) is 7.10. The highest BCUT2D eigenvalue weighted by atomic mass is 32.2. The van der Waals surface area contributed by atoms with Gasteiger partial charge in [-0.25, -0.2) is 4.39 Å². The molecule has 102 valence electrons. The van der Waals surface area contributed by atoms with Crippen molar-refractivity contribution >= 4 is 22.8 Å². The summed E-state index contributed by atoms with van der Waals surface area (Å²) in [5, 5.41) is 3.85. The molecule has 2 atom stereocenters. The number of aliphatic imine (C=N–C) groups is 1. The second-order valence-corrected chi connectivity index (χ2v) is 6.32. The fourth-order valence-corrected chi connectivity index (χ4v) is 2.86. The highest BCUT2D eigenvalue weighted by Crippen LogP contribution is 2.36. The Morgan fingerprint density at radius 1 is 1.42 bits per heavy atom. The van der Waals surface area contributed by atoms with Gasteiger partial charge in [0.1, 0.15) is 10.6 Å². The van der Waals surface area contributed by atoms with E-state index in [-0.39, 0.29) is 17.8 Å². The van der Waals surface area contributed by atoms with Crippen LogP contribution in [0.15, 0.2) is 29.3 Å². The van der Waals surface area contributed by atoms with E-state index in [2.05, 4.69) is 10.3 Å². The molecule has 0 aliphatic carbocycles. The Balaban J connectivity index is 2.05. The summed E-state index contributed by atoms with van der Waals surface area (Å²) in [5.41, 5.74) is 0.960. The van der Waals surface area contributed by atoms with Crippen molar-refractivity contribution in [3.63, 3.8) is 0 Å². The van der Waals surface area contributed by atoms with Crippen molar-refractivity contribution in [2.24, 2.45) is 4.99 Å². The van der Waals surface area contributed by atoms with E-state index in [1.807, 2.05) is 20.8 Å². The second kappa shape index (κ2) is 5.33. The Morgan fingerprint density at radius 2 is 2.05 bits per heavy atom. The average Bonchev–Trinajstić information content (AvgIpc) is 2.66. The molecule has 1 aliphatic rings. The van der Waals surface area contributed by atoms with Crippen LogP contribution in [0.5, 0.6) is 0 Å². The van der Waals surface area contributed by atoms with E-state index in [0.717, 1.165) is 12.0 Å². The van der Waals surface area contributed by atoms with Crippen molar-refractivity contribution in [1.29, 1.82) is 0 Å². The minimum atomic E-state index is -0.454. The number of carbonyl (C=O) groups excluding carboxylic acids is 1. The van der Waals surface area contributed by atoms with Crippen LogP contribution in [0, 0.1) is 5.82 Å². The van der Waals surface area contributed by atoms with Gasteiger partial charge in [-0.2, -0.15) is 4.99 Å². The minimum absolute atomic E-state index is 0.0149. The number of halogens is 1.